The van der Waals surface area contributed by atoms with Crippen LogP contribution in [0.1, 0.15) is 16.1 Å². The van der Waals surface area contributed by atoms with Crippen molar-refractivity contribution >= 4 is 50.3 Å². The molecule has 3 N–H and O–H groups in total. The molecule has 0 aliphatic carbocycles. The molecule has 0 saturated heterocycles. The maximum atomic E-state index is 5.68. The third kappa shape index (κ3) is 3.28. The number of hydrogen-bond acceptors (Lipinski definition) is 4. The van der Waals surface area contributed by atoms with E-state index in [1.165, 1.54) is 4.88 Å². The van der Waals surface area contributed by atoms with Gasteiger partial charge in [-0.25, -0.2) is 4.98 Å². The van der Waals surface area contributed by atoms with Gasteiger partial charge in [0.25, 0.3) is 0 Å². The van der Waals surface area contributed by atoms with E-state index < -0.39 is 0 Å². The highest BCUT2D eigenvalue weighted by Crippen LogP contribution is 2.23. The van der Waals surface area contributed by atoms with Gasteiger partial charge in [0.05, 0.1) is 15.9 Å². The van der Waals surface area contributed by atoms with Crippen LogP contribution in [0.3, 0.4) is 0 Å². The molecule has 0 spiro atoms. The molecular formula is C12H12BrN3S2. The summed E-state index contributed by atoms with van der Waals surface area (Å²) in [7, 11) is 0. The Morgan fingerprint density at radius 1 is 1.44 bits per heavy atom. The zero-order chi connectivity index (χ0) is 13.1. The molecule has 6 heteroatoms. The largest absolute Gasteiger partial charge is 0.389 e. The first-order valence-electron chi connectivity index (χ1n) is 5.32. The molecule has 2 aromatic rings. The van der Waals surface area contributed by atoms with Crippen molar-refractivity contribution in [1.29, 1.82) is 0 Å². The quantitative estimate of drug-likeness (QED) is 0.836. The Hall–Kier alpha value is -0.980. The molecule has 18 heavy (non-hydrogen) atoms. The van der Waals surface area contributed by atoms with Crippen LogP contribution in [0.2, 0.25) is 0 Å². The molecule has 0 radical (unpaired) electrons. The highest BCUT2D eigenvalue weighted by molar-refractivity contribution is 9.11. The highest BCUT2D eigenvalue weighted by atomic mass is 79.9. The monoisotopic (exact) mass is 341 g/mol. The molecule has 2 rings (SSSR count). The molecule has 2 heterocycles. The van der Waals surface area contributed by atoms with Crippen LogP contribution < -0.4 is 11.1 Å². The maximum absolute atomic E-state index is 5.68. The van der Waals surface area contributed by atoms with Crippen LogP contribution >= 0.6 is 39.5 Å². The number of anilines is 1. The Morgan fingerprint density at radius 2 is 2.22 bits per heavy atom. The lowest BCUT2D eigenvalue weighted by Crippen LogP contribution is -2.14. The average Bonchev–Trinajstić information content (AvgIpc) is 2.72. The molecule has 0 atom stereocenters. The van der Waals surface area contributed by atoms with Gasteiger partial charge >= 0.3 is 0 Å². The summed E-state index contributed by atoms with van der Waals surface area (Å²) in [5.41, 5.74) is 7.40. The van der Waals surface area contributed by atoms with E-state index in [1.54, 1.807) is 11.3 Å². The zero-order valence-corrected chi connectivity index (χ0v) is 13.0. The van der Waals surface area contributed by atoms with Crippen molar-refractivity contribution in [3.63, 3.8) is 0 Å². The molecule has 0 unspecified atom stereocenters. The second-order valence-electron chi connectivity index (χ2n) is 3.77. The number of nitrogens with zero attached hydrogens (tertiary/aromatic N) is 1. The molecule has 0 aliphatic rings. The van der Waals surface area contributed by atoms with Crippen LogP contribution in [0.4, 0.5) is 5.82 Å². The SMILES string of the molecule is Cc1ccc(C(N)=S)c(NCc2ccc(Br)s2)n1. The van der Waals surface area contributed by atoms with Gasteiger partial charge in [0.2, 0.25) is 0 Å². The number of thiophene rings is 1. The van der Waals surface area contributed by atoms with Crippen LogP contribution in [0.25, 0.3) is 0 Å². The maximum Gasteiger partial charge on any atom is 0.136 e. The second-order valence-corrected chi connectivity index (χ2v) is 6.76. The van der Waals surface area contributed by atoms with Crippen molar-refractivity contribution in [3.8, 4) is 0 Å². The Bertz CT molecular complexity index is 580. The Labute approximate surface area is 124 Å². The summed E-state index contributed by atoms with van der Waals surface area (Å²) < 4.78 is 1.12. The first kappa shape index (κ1) is 13.5. The van der Waals surface area contributed by atoms with E-state index in [1.807, 2.05) is 25.1 Å². The number of nitrogens with two attached hydrogens (primary N) is 1. The number of hydrogen-bond donors (Lipinski definition) is 2. The molecule has 2 aromatic heterocycles. The van der Waals surface area contributed by atoms with E-state index in [0.29, 0.717) is 11.5 Å². The molecule has 0 bridgehead atoms. The lowest BCUT2D eigenvalue weighted by molar-refractivity contribution is 1.11. The third-order valence-corrected chi connectivity index (χ3v) is 4.20. The van der Waals surface area contributed by atoms with Gasteiger partial charge in [0.1, 0.15) is 10.8 Å². The van der Waals surface area contributed by atoms with E-state index in [2.05, 4.69) is 32.3 Å². The van der Waals surface area contributed by atoms with Crippen LogP contribution in [0.15, 0.2) is 28.1 Å². The smallest absolute Gasteiger partial charge is 0.136 e. The second kappa shape index (κ2) is 5.77. The van der Waals surface area contributed by atoms with E-state index in [0.717, 1.165) is 20.9 Å². The Morgan fingerprint density at radius 3 is 2.83 bits per heavy atom. The summed E-state index contributed by atoms with van der Waals surface area (Å²) in [4.78, 5) is 6.01. The molecule has 0 amide bonds. The predicted octanol–water partition coefficient (Wildman–Crippen LogP) is 3.46. The predicted molar refractivity (Wildman–Crippen MR) is 84.2 cm³/mol. The minimum absolute atomic E-state index is 0.359. The van der Waals surface area contributed by atoms with E-state index >= 15 is 0 Å². The van der Waals surface area contributed by atoms with E-state index in [4.69, 9.17) is 18.0 Å². The number of nitrogens with one attached hydrogen (secondary N) is 1. The number of thiocarbonyl (C=S) groups is 1. The average molecular weight is 342 g/mol. The summed E-state index contributed by atoms with van der Waals surface area (Å²) >= 11 is 10.2. The molecule has 0 aromatic carbocycles. The Balaban J connectivity index is 2.17. The van der Waals surface area contributed by atoms with Crippen molar-refractivity contribution in [2.45, 2.75) is 13.5 Å². The van der Waals surface area contributed by atoms with Crippen LogP contribution in [0, 0.1) is 6.92 Å². The fourth-order valence-electron chi connectivity index (χ4n) is 1.51. The highest BCUT2D eigenvalue weighted by Gasteiger charge is 2.07. The molecule has 94 valence electrons. The van der Waals surface area contributed by atoms with Crippen molar-refractivity contribution in [2.24, 2.45) is 5.73 Å². The van der Waals surface area contributed by atoms with Gasteiger partial charge in [0.15, 0.2) is 0 Å². The van der Waals surface area contributed by atoms with Gasteiger partial charge in [-0.1, -0.05) is 12.2 Å². The van der Waals surface area contributed by atoms with E-state index in [9.17, 15) is 0 Å². The molecule has 0 saturated carbocycles. The zero-order valence-electron chi connectivity index (χ0n) is 9.74. The third-order valence-electron chi connectivity index (χ3n) is 2.36. The van der Waals surface area contributed by atoms with Gasteiger partial charge < -0.3 is 11.1 Å². The number of aryl methyl sites for hydroxylation is 1. The summed E-state index contributed by atoms with van der Waals surface area (Å²) in [6.07, 6.45) is 0. The fraction of sp³-hybridized carbons (Fsp3) is 0.167. The standard InChI is InChI=1S/C12H12BrN3S2/c1-7-2-4-9(11(14)17)12(16-7)15-6-8-3-5-10(13)18-8/h2-5H,6H2,1H3,(H2,14,17)(H,15,16). The minimum atomic E-state index is 0.359. The summed E-state index contributed by atoms with van der Waals surface area (Å²) in [5, 5.41) is 3.28. The molecule has 0 aliphatic heterocycles. The van der Waals surface area contributed by atoms with Crippen molar-refractivity contribution in [3.05, 3.63) is 44.2 Å². The Kier molecular flexibility index (Phi) is 4.31. The number of halogens is 1. The van der Waals surface area contributed by atoms with Crippen LogP contribution in [-0.2, 0) is 6.54 Å². The number of rotatable bonds is 4. The van der Waals surface area contributed by atoms with Crippen LogP contribution in [0.5, 0.6) is 0 Å². The van der Waals surface area contributed by atoms with Gasteiger partial charge in [-0.05, 0) is 47.1 Å². The van der Waals surface area contributed by atoms with Crippen LogP contribution in [-0.4, -0.2) is 9.97 Å². The molecule has 3 nitrogen and oxygen atoms in total. The molecular weight excluding hydrogens is 330 g/mol. The summed E-state index contributed by atoms with van der Waals surface area (Å²) in [6.45, 7) is 2.65. The van der Waals surface area contributed by atoms with Gasteiger partial charge in [-0.2, -0.15) is 0 Å². The van der Waals surface area contributed by atoms with E-state index in [-0.39, 0.29) is 0 Å². The number of aromatic nitrogens is 1. The van der Waals surface area contributed by atoms with Gasteiger partial charge in [-0.3, -0.25) is 0 Å². The fourth-order valence-corrected chi connectivity index (χ4v) is 3.10. The lowest BCUT2D eigenvalue weighted by Gasteiger charge is -2.10. The first-order valence-corrected chi connectivity index (χ1v) is 7.33. The van der Waals surface area contributed by atoms with Crippen molar-refractivity contribution in [2.75, 3.05) is 5.32 Å². The topological polar surface area (TPSA) is 50.9 Å². The summed E-state index contributed by atoms with van der Waals surface area (Å²) in [5.74, 6) is 0.743. The van der Waals surface area contributed by atoms with Gasteiger partial charge in [-0.15, -0.1) is 11.3 Å². The molecule has 0 fully saturated rings. The number of pyridine rings is 1. The lowest BCUT2D eigenvalue weighted by atomic mass is 10.2. The van der Waals surface area contributed by atoms with Crippen molar-refractivity contribution in [1.82, 2.24) is 4.98 Å². The normalized spacial score (nSPS) is 10.3. The van der Waals surface area contributed by atoms with Crippen molar-refractivity contribution < 1.29 is 0 Å². The first-order chi connectivity index (χ1) is 8.56. The minimum Gasteiger partial charge on any atom is -0.389 e. The van der Waals surface area contributed by atoms with Gasteiger partial charge in [0, 0.05) is 10.6 Å². The summed E-state index contributed by atoms with van der Waals surface area (Å²) in [6, 6.07) is 7.90.